The average molecular weight is 397 g/mol. The van der Waals surface area contributed by atoms with Gasteiger partial charge in [0.15, 0.2) is 0 Å². The van der Waals surface area contributed by atoms with Gasteiger partial charge in [-0.3, -0.25) is 0 Å². The average Bonchev–Trinajstić information content (AvgIpc) is 3.05. The molecule has 0 saturated heterocycles. The maximum Gasteiger partial charge on any atom is 0.338 e. The van der Waals surface area contributed by atoms with Crippen LogP contribution >= 0.6 is 0 Å². The van der Waals surface area contributed by atoms with Gasteiger partial charge >= 0.3 is 5.97 Å². The molecule has 158 valence electrons. The molecular formula is C26H36O3. The van der Waals surface area contributed by atoms with Crippen molar-refractivity contribution in [2.45, 2.75) is 83.8 Å². The molecule has 8 unspecified atom stereocenters. The molecule has 0 heterocycles. The fraction of sp³-hybridized carbons (Fsp3) is 0.731. The zero-order valence-electron chi connectivity index (χ0n) is 18.0. The Balaban J connectivity index is 1.34. The molecule has 4 saturated carbocycles. The third-order valence-corrected chi connectivity index (χ3v) is 9.81. The fourth-order valence-electron chi connectivity index (χ4n) is 8.15. The van der Waals surface area contributed by atoms with Crippen molar-refractivity contribution in [2.75, 3.05) is 0 Å². The van der Waals surface area contributed by atoms with Gasteiger partial charge < -0.3 is 9.84 Å². The van der Waals surface area contributed by atoms with Gasteiger partial charge in [-0.1, -0.05) is 32.0 Å². The predicted molar refractivity (Wildman–Crippen MR) is 113 cm³/mol. The Bertz CT molecular complexity index is 760. The van der Waals surface area contributed by atoms with Crippen LogP contribution in [0, 0.1) is 34.5 Å². The summed E-state index contributed by atoms with van der Waals surface area (Å²) < 4.78 is 6.12. The van der Waals surface area contributed by atoms with E-state index >= 15 is 0 Å². The number of fused-ring (bicyclic) bond motifs is 5. The summed E-state index contributed by atoms with van der Waals surface area (Å²) in [7, 11) is 0. The molecule has 1 aromatic carbocycles. The molecule has 0 spiro atoms. The zero-order valence-corrected chi connectivity index (χ0v) is 18.0. The number of esters is 1. The van der Waals surface area contributed by atoms with Gasteiger partial charge in [-0.25, -0.2) is 4.79 Å². The first-order valence-electron chi connectivity index (χ1n) is 11.9. The second kappa shape index (κ2) is 7.11. The van der Waals surface area contributed by atoms with E-state index in [0.717, 1.165) is 31.1 Å². The SMILES string of the molecule is CC12CCC(O)CC1CCC1C2CCC2(C)C(OC(=O)c3ccccc3)CCC12. The number of aliphatic hydroxyl groups excluding tert-OH is 1. The molecule has 4 fully saturated rings. The Morgan fingerprint density at radius 2 is 1.66 bits per heavy atom. The maximum atomic E-state index is 12.7. The molecule has 4 aliphatic carbocycles. The lowest BCUT2D eigenvalue weighted by molar-refractivity contribution is -0.134. The summed E-state index contributed by atoms with van der Waals surface area (Å²) in [5, 5.41) is 10.2. The number of hydrogen-bond acceptors (Lipinski definition) is 3. The topological polar surface area (TPSA) is 46.5 Å². The Hall–Kier alpha value is -1.35. The largest absolute Gasteiger partial charge is 0.458 e. The summed E-state index contributed by atoms with van der Waals surface area (Å²) in [5.74, 6) is 2.78. The van der Waals surface area contributed by atoms with E-state index < -0.39 is 0 Å². The Morgan fingerprint density at radius 3 is 2.45 bits per heavy atom. The first kappa shape index (κ1) is 19.6. The zero-order chi connectivity index (χ0) is 20.2. The van der Waals surface area contributed by atoms with Gasteiger partial charge in [0.05, 0.1) is 11.7 Å². The molecule has 0 bridgehead atoms. The predicted octanol–water partition coefficient (Wildman–Crippen LogP) is 5.62. The summed E-state index contributed by atoms with van der Waals surface area (Å²) in [6, 6.07) is 9.45. The molecule has 1 N–H and O–H groups in total. The molecular weight excluding hydrogens is 360 g/mol. The van der Waals surface area contributed by atoms with E-state index in [4.69, 9.17) is 4.74 Å². The highest BCUT2D eigenvalue weighted by Crippen LogP contribution is 2.66. The Morgan fingerprint density at radius 1 is 0.931 bits per heavy atom. The van der Waals surface area contributed by atoms with Crippen LogP contribution < -0.4 is 0 Å². The van der Waals surface area contributed by atoms with Crippen molar-refractivity contribution in [2.24, 2.45) is 34.5 Å². The van der Waals surface area contributed by atoms with Gasteiger partial charge in [0.1, 0.15) is 6.10 Å². The molecule has 0 aliphatic heterocycles. The van der Waals surface area contributed by atoms with Gasteiger partial charge in [-0.15, -0.1) is 0 Å². The highest BCUT2D eigenvalue weighted by atomic mass is 16.5. The van der Waals surface area contributed by atoms with Crippen LogP contribution in [0.2, 0.25) is 0 Å². The van der Waals surface area contributed by atoms with E-state index in [1.807, 2.05) is 30.3 Å². The first-order chi connectivity index (χ1) is 13.9. The van der Waals surface area contributed by atoms with Crippen LogP contribution in [0.4, 0.5) is 0 Å². The minimum atomic E-state index is -0.156. The second-order valence-corrected chi connectivity index (χ2v) is 11.0. The molecule has 29 heavy (non-hydrogen) atoms. The van der Waals surface area contributed by atoms with Crippen LogP contribution in [-0.2, 0) is 4.74 Å². The van der Waals surface area contributed by atoms with E-state index in [-0.39, 0.29) is 23.6 Å². The summed E-state index contributed by atoms with van der Waals surface area (Å²) in [6.07, 6.45) is 10.4. The van der Waals surface area contributed by atoms with Crippen molar-refractivity contribution in [3.63, 3.8) is 0 Å². The number of aliphatic hydroxyl groups is 1. The van der Waals surface area contributed by atoms with Crippen molar-refractivity contribution in [3.05, 3.63) is 35.9 Å². The standard InChI is InChI=1S/C26H36O3/c1-25-14-12-19(27)16-18(25)8-9-20-21-10-11-23(26(21,2)15-13-22(20)25)29-24(28)17-6-4-3-5-7-17/h3-7,18-23,27H,8-16H2,1-2H3. The number of ether oxygens (including phenoxy) is 1. The fourth-order valence-corrected chi connectivity index (χ4v) is 8.15. The van der Waals surface area contributed by atoms with Gasteiger partial charge in [0.25, 0.3) is 0 Å². The van der Waals surface area contributed by atoms with E-state index in [1.165, 1.54) is 38.5 Å². The molecule has 8 atom stereocenters. The summed E-state index contributed by atoms with van der Waals surface area (Å²) in [4.78, 5) is 12.7. The van der Waals surface area contributed by atoms with Crippen molar-refractivity contribution < 1.29 is 14.6 Å². The van der Waals surface area contributed by atoms with Crippen LogP contribution in [0.1, 0.15) is 82.0 Å². The smallest absolute Gasteiger partial charge is 0.338 e. The summed E-state index contributed by atoms with van der Waals surface area (Å²) >= 11 is 0. The van der Waals surface area contributed by atoms with E-state index in [0.29, 0.717) is 22.8 Å². The summed E-state index contributed by atoms with van der Waals surface area (Å²) in [5.41, 5.74) is 1.20. The first-order valence-corrected chi connectivity index (χ1v) is 11.9. The third-order valence-electron chi connectivity index (χ3n) is 9.81. The number of hydrogen-bond donors (Lipinski definition) is 1. The van der Waals surface area contributed by atoms with Gasteiger partial charge in [-0.2, -0.15) is 0 Å². The van der Waals surface area contributed by atoms with Crippen LogP contribution in [0.25, 0.3) is 0 Å². The number of benzene rings is 1. The molecule has 3 heteroatoms. The van der Waals surface area contributed by atoms with Gasteiger partial charge in [0, 0.05) is 5.41 Å². The number of carbonyl (C=O) groups excluding carboxylic acids is 1. The third kappa shape index (κ3) is 3.07. The minimum Gasteiger partial charge on any atom is -0.458 e. The van der Waals surface area contributed by atoms with Crippen LogP contribution in [0.3, 0.4) is 0 Å². The highest BCUT2D eigenvalue weighted by molar-refractivity contribution is 5.89. The van der Waals surface area contributed by atoms with Crippen LogP contribution in [0.5, 0.6) is 0 Å². The van der Waals surface area contributed by atoms with E-state index in [1.54, 1.807) is 0 Å². The quantitative estimate of drug-likeness (QED) is 0.660. The molecule has 0 aromatic heterocycles. The number of carbonyl (C=O) groups is 1. The molecule has 4 aliphatic rings. The van der Waals surface area contributed by atoms with Crippen LogP contribution in [0.15, 0.2) is 30.3 Å². The van der Waals surface area contributed by atoms with Crippen molar-refractivity contribution in [1.29, 1.82) is 0 Å². The van der Waals surface area contributed by atoms with Gasteiger partial charge in [-0.05, 0) is 99.0 Å². The Labute approximate surface area is 175 Å². The summed E-state index contributed by atoms with van der Waals surface area (Å²) in [6.45, 7) is 4.94. The molecule has 0 amide bonds. The lowest BCUT2D eigenvalue weighted by atomic mass is 9.45. The minimum absolute atomic E-state index is 0.0554. The van der Waals surface area contributed by atoms with E-state index in [2.05, 4.69) is 13.8 Å². The molecule has 1 aromatic rings. The molecule has 3 nitrogen and oxygen atoms in total. The lowest BCUT2D eigenvalue weighted by Crippen LogP contribution is -2.54. The van der Waals surface area contributed by atoms with Crippen LogP contribution in [-0.4, -0.2) is 23.3 Å². The molecule has 5 rings (SSSR count). The van der Waals surface area contributed by atoms with Gasteiger partial charge in [0.2, 0.25) is 0 Å². The highest BCUT2D eigenvalue weighted by Gasteiger charge is 2.61. The molecule has 0 radical (unpaired) electrons. The lowest BCUT2D eigenvalue weighted by Gasteiger charge is -2.60. The monoisotopic (exact) mass is 396 g/mol. The Kier molecular flexibility index (Phi) is 4.81. The van der Waals surface area contributed by atoms with E-state index in [9.17, 15) is 9.90 Å². The van der Waals surface area contributed by atoms with Crippen molar-refractivity contribution >= 4 is 5.97 Å². The maximum absolute atomic E-state index is 12.7. The van der Waals surface area contributed by atoms with Crippen molar-refractivity contribution in [3.8, 4) is 0 Å². The number of rotatable bonds is 2. The van der Waals surface area contributed by atoms with Crippen molar-refractivity contribution in [1.82, 2.24) is 0 Å². The normalized spacial score (nSPS) is 46.3. The second-order valence-electron chi connectivity index (χ2n) is 11.0.